The van der Waals surface area contributed by atoms with Gasteiger partial charge in [0.1, 0.15) is 5.75 Å². The number of ether oxygens (including phenoxy) is 1. The SMILES string of the molecule is Cc1cccc(CNc2ccc3c(c2)NC(=O)C(C)O3)c1. The Hall–Kier alpha value is -2.49. The number of anilines is 2. The van der Waals surface area contributed by atoms with Crippen molar-refractivity contribution in [1.82, 2.24) is 0 Å². The molecule has 1 heterocycles. The minimum absolute atomic E-state index is 0.113. The lowest BCUT2D eigenvalue weighted by atomic mass is 10.1. The van der Waals surface area contributed by atoms with Crippen LogP contribution in [0.15, 0.2) is 42.5 Å². The van der Waals surface area contributed by atoms with Crippen molar-refractivity contribution >= 4 is 17.3 Å². The van der Waals surface area contributed by atoms with Crippen molar-refractivity contribution in [2.24, 2.45) is 0 Å². The van der Waals surface area contributed by atoms with Crippen molar-refractivity contribution < 1.29 is 9.53 Å². The fraction of sp³-hybridized carbons (Fsp3) is 0.235. The van der Waals surface area contributed by atoms with Gasteiger partial charge in [0.2, 0.25) is 0 Å². The van der Waals surface area contributed by atoms with E-state index in [1.807, 2.05) is 18.2 Å². The van der Waals surface area contributed by atoms with Gasteiger partial charge in [-0.25, -0.2) is 0 Å². The summed E-state index contributed by atoms with van der Waals surface area (Å²) in [6, 6.07) is 14.1. The predicted molar refractivity (Wildman–Crippen MR) is 83.7 cm³/mol. The standard InChI is InChI=1S/C17H18N2O2/c1-11-4-3-5-13(8-11)10-18-14-6-7-16-15(9-14)19-17(20)12(2)21-16/h3-9,12,18H,10H2,1-2H3,(H,19,20). The molecule has 0 saturated heterocycles. The van der Waals surface area contributed by atoms with Gasteiger partial charge < -0.3 is 15.4 Å². The minimum atomic E-state index is -0.441. The number of fused-ring (bicyclic) bond motifs is 1. The van der Waals surface area contributed by atoms with Crippen molar-refractivity contribution in [3.05, 3.63) is 53.6 Å². The number of rotatable bonds is 3. The number of benzene rings is 2. The van der Waals surface area contributed by atoms with Crippen LogP contribution in [0.25, 0.3) is 0 Å². The third kappa shape index (κ3) is 2.99. The summed E-state index contributed by atoms with van der Waals surface area (Å²) in [5.41, 5.74) is 4.14. The van der Waals surface area contributed by atoms with E-state index in [1.54, 1.807) is 6.92 Å². The van der Waals surface area contributed by atoms with E-state index >= 15 is 0 Å². The normalized spacial score (nSPS) is 16.7. The lowest BCUT2D eigenvalue weighted by molar-refractivity contribution is -0.122. The van der Waals surface area contributed by atoms with E-state index in [9.17, 15) is 4.79 Å². The zero-order chi connectivity index (χ0) is 14.8. The number of hydrogen-bond acceptors (Lipinski definition) is 3. The number of carbonyl (C=O) groups excluding carboxylic acids is 1. The van der Waals surface area contributed by atoms with Gasteiger partial charge in [-0.15, -0.1) is 0 Å². The van der Waals surface area contributed by atoms with Crippen LogP contribution in [0.2, 0.25) is 0 Å². The van der Waals surface area contributed by atoms with Crippen LogP contribution >= 0.6 is 0 Å². The minimum Gasteiger partial charge on any atom is -0.479 e. The Balaban J connectivity index is 1.73. The summed E-state index contributed by atoms with van der Waals surface area (Å²) in [6.45, 7) is 4.56. The highest BCUT2D eigenvalue weighted by Crippen LogP contribution is 2.32. The number of aryl methyl sites for hydroxylation is 1. The zero-order valence-electron chi connectivity index (χ0n) is 12.1. The number of nitrogens with one attached hydrogen (secondary N) is 2. The highest BCUT2D eigenvalue weighted by atomic mass is 16.5. The summed E-state index contributed by atoms with van der Waals surface area (Å²) in [6.07, 6.45) is -0.441. The molecular formula is C17H18N2O2. The third-order valence-electron chi connectivity index (χ3n) is 3.49. The molecule has 1 amide bonds. The van der Waals surface area contributed by atoms with E-state index in [0.29, 0.717) is 11.4 Å². The fourth-order valence-corrected chi connectivity index (χ4v) is 2.34. The van der Waals surface area contributed by atoms with Gasteiger partial charge in [0.25, 0.3) is 5.91 Å². The summed E-state index contributed by atoms with van der Waals surface area (Å²) in [7, 11) is 0. The van der Waals surface area contributed by atoms with Gasteiger partial charge in [0, 0.05) is 12.2 Å². The molecule has 108 valence electrons. The zero-order valence-corrected chi connectivity index (χ0v) is 12.1. The van der Waals surface area contributed by atoms with Gasteiger partial charge in [0.15, 0.2) is 6.10 Å². The van der Waals surface area contributed by atoms with Crippen LogP contribution in [0.4, 0.5) is 11.4 Å². The van der Waals surface area contributed by atoms with Gasteiger partial charge >= 0.3 is 0 Å². The van der Waals surface area contributed by atoms with Crippen LogP contribution in [0.5, 0.6) is 5.75 Å². The van der Waals surface area contributed by atoms with Gasteiger partial charge in [-0.2, -0.15) is 0 Å². The van der Waals surface area contributed by atoms with Crippen LogP contribution in [0.1, 0.15) is 18.1 Å². The Kier molecular flexibility index (Phi) is 3.52. The molecule has 0 aromatic heterocycles. The molecule has 4 heteroatoms. The second kappa shape index (κ2) is 5.48. The van der Waals surface area contributed by atoms with Crippen LogP contribution in [-0.2, 0) is 11.3 Å². The second-order valence-electron chi connectivity index (χ2n) is 5.30. The van der Waals surface area contributed by atoms with Crippen LogP contribution in [0, 0.1) is 6.92 Å². The van der Waals surface area contributed by atoms with Crippen LogP contribution in [0.3, 0.4) is 0 Å². The van der Waals surface area contributed by atoms with E-state index in [2.05, 4.69) is 41.8 Å². The maximum Gasteiger partial charge on any atom is 0.265 e. The van der Waals surface area contributed by atoms with E-state index in [-0.39, 0.29) is 5.91 Å². The molecule has 2 N–H and O–H groups in total. The predicted octanol–water partition coefficient (Wildman–Crippen LogP) is 3.33. The quantitative estimate of drug-likeness (QED) is 0.908. The lowest BCUT2D eigenvalue weighted by Gasteiger charge is -2.23. The Morgan fingerprint density at radius 1 is 1.24 bits per heavy atom. The first-order chi connectivity index (χ1) is 10.1. The molecule has 0 radical (unpaired) electrons. The van der Waals surface area contributed by atoms with E-state index in [1.165, 1.54) is 11.1 Å². The van der Waals surface area contributed by atoms with Crippen molar-refractivity contribution in [2.75, 3.05) is 10.6 Å². The monoisotopic (exact) mass is 282 g/mol. The number of carbonyl (C=O) groups is 1. The van der Waals surface area contributed by atoms with Crippen molar-refractivity contribution in [2.45, 2.75) is 26.5 Å². The average molecular weight is 282 g/mol. The van der Waals surface area contributed by atoms with Crippen molar-refractivity contribution in [3.63, 3.8) is 0 Å². The third-order valence-corrected chi connectivity index (χ3v) is 3.49. The molecule has 1 unspecified atom stereocenters. The highest BCUT2D eigenvalue weighted by molar-refractivity contribution is 5.98. The van der Waals surface area contributed by atoms with Gasteiger partial charge in [-0.3, -0.25) is 4.79 Å². The fourth-order valence-electron chi connectivity index (χ4n) is 2.34. The molecule has 1 aliphatic rings. The molecule has 1 atom stereocenters. The number of hydrogen-bond donors (Lipinski definition) is 2. The maximum absolute atomic E-state index is 11.6. The molecule has 0 saturated carbocycles. The highest BCUT2D eigenvalue weighted by Gasteiger charge is 2.23. The van der Waals surface area contributed by atoms with Gasteiger partial charge in [0.05, 0.1) is 5.69 Å². The Labute approximate surface area is 124 Å². The summed E-state index contributed by atoms with van der Waals surface area (Å²) >= 11 is 0. The summed E-state index contributed by atoms with van der Waals surface area (Å²) in [5, 5.41) is 6.21. The first-order valence-electron chi connectivity index (χ1n) is 7.03. The molecule has 0 bridgehead atoms. The smallest absolute Gasteiger partial charge is 0.265 e. The summed E-state index contributed by atoms with van der Waals surface area (Å²) < 4.78 is 5.54. The lowest BCUT2D eigenvalue weighted by Crippen LogP contribution is -2.34. The summed E-state index contributed by atoms with van der Waals surface area (Å²) in [5.74, 6) is 0.599. The van der Waals surface area contributed by atoms with Gasteiger partial charge in [-0.1, -0.05) is 29.8 Å². The molecule has 2 aromatic rings. The molecule has 3 rings (SSSR count). The molecule has 0 aliphatic carbocycles. The Morgan fingerprint density at radius 2 is 2.10 bits per heavy atom. The topological polar surface area (TPSA) is 50.4 Å². The molecule has 2 aromatic carbocycles. The molecule has 0 spiro atoms. The average Bonchev–Trinajstić information content (AvgIpc) is 2.46. The Bertz CT molecular complexity index is 682. The van der Waals surface area contributed by atoms with E-state index < -0.39 is 6.10 Å². The maximum atomic E-state index is 11.6. The molecule has 0 fully saturated rings. The van der Waals surface area contributed by atoms with Crippen molar-refractivity contribution in [3.8, 4) is 5.75 Å². The first-order valence-corrected chi connectivity index (χ1v) is 7.03. The molecule has 21 heavy (non-hydrogen) atoms. The molecule has 4 nitrogen and oxygen atoms in total. The molecule has 1 aliphatic heterocycles. The van der Waals surface area contributed by atoms with Crippen LogP contribution in [-0.4, -0.2) is 12.0 Å². The van der Waals surface area contributed by atoms with Crippen LogP contribution < -0.4 is 15.4 Å². The van der Waals surface area contributed by atoms with Crippen molar-refractivity contribution in [1.29, 1.82) is 0 Å². The largest absolute Gasteiger partial charge is 0.479 e. The van der Waals surface area contributed by atoms with Gasteiger partial charge in [-0.05, 0) is 37.6 Å². The first kappa shape index (κ1) is 13.5. The summed E-state index contributed by atoms with van der Waals surface area (Å²) in [4.78, 5) is 11.6. The van der Waals surface area contributed by atoms with E-state index in [4.69, 9.17) is 4.74 Å². The second-order valence-corrected chi connectivity index (χ2v) is 5.30. The number of amides is 1. The Morgan fingerprint density at radius 3 is 2.90 bits per heavy atom. The molecular weight excluding hydrogens is 264 g/mol. The van der Waals surface area contributed by atoms with E-state index in [0.717, 1.165) is 12.2 Å².